The van der Waals surface area contributed by atoms with Crippen LogP contribution in [-0.4, -0.2) is 43.8 Å². The van der Waals surface area contributed by atoms with Gasteiger partial charge in [-0.3, -0.25) is 0 Å². The SMILES string of the molecule is COCC1CN(c2ncc(-c3cccc(COC(=O)N=C(N)N)c3F)cc2F)C1. The molecule has 29 heavy (non-hydrogen) atoms. The molecule has 1 aliphatic heterocycles. The Morgan fingerprint density at radius 2 is 2.10 bits per heavy atom. The van der Waals surface area contributed by atoms with E-state index in [4.69, 9.17) is 20.9 Å². The first kappa shape index (κ1) is 20.5. The summed E-state index contributed by atoms with van der Waals surface area (Å²) in [6.07, 6.45) is 0.378. The molecule has 1 amide bonds. The maximum atomic E-state index is 14.8. The Labute approximate surface area is 166 Å². The summed E-state index contributed by atoms with van der Waals surface area (Å²) in [4.78, 5) is 20.5. The number of carbonyl (C=O) groups is 1. The van der Waals surface area contributed by atoms with Crippen LogP contribution in [0.3, 0.4) is 0 Å². The number of pyridine rings is 1. The van der Waals surface area contributed by atoms with Gasteiger partial charge in [-0.2, -0.15) is 0 Å². The molecule has 154 valence electrons. The number of carbonyl (C=O) groups excluding carboxylic acids is 1. The standard InChI is InChI=1S/C19H21F2N5O3/c1-28-9-11-7-26(8-11)17-15(20)5-13(6-24-17)14-4-2-3-12(16(14)21)10-29-19(27)25-18(22)23/h2-6,11H,7-10H2,1H3,(H4,22,23,25,27). The fourth-order valence-corrected chi connectivity index (χ4v) is 3.09. The molecular weight excluding hydrogens is 384 g/mol. The van der Waals surface area contributed by atoms with Crippen molar-refractivity contribution in [1.29, 1.82) is 0 Å². The normalized spacial score (nSPS) is 13.7. The summed E-state index contributed by atoms with van der Waals surface area (Å²) in [6, 6.07) is 5.74. The molecule has 1 aromatic carbocycles. The number of benzene rings is 1. The Morgan fingerprint density at radius 1 is 1.34 bits per heavy atom. The van der Waals surface area contributed by atoms with Crippen molar-refractivity contribution >= 4 is 17.9 Å². The Balaban J connectivity index is 1.74. The van der Waals surface area contributed by atoms with Gasteiger partial charge in [0.05, 0.1) is 6.61 Å². The van der Waals surface area contributed by atoms with E-state index in [1.807, 2.05) is 0 Å². The summed E-state index contributed by atoms with van der Waals surface area (Å²) in [6.45, 7) is 1.55. The summed E-state index contributed by atoms with van der Waals surface area (Å²) in [5.74, 6) is -1.08. The molecule has 0 radical (unpaired) electrons. The fourth-order valence-electron chi connectivity index (χ4n) is 3.09. The Hall–Kier alpha value is -3.27. The van der Waals surface area contributed by atoms with Crippen LogP contribution in [0.1, 0.15) is 5.56 Å². The Morgan fingerprint density at radius 3 is 2.76 bits per heavy atom. The topological polar surface area (TPSA) is 116 Å². The summed E-state index contributed by atoms with van der Waals surface area (Å²) in [5, 5.41) is 0. The molecular formula is C19H21F2N5O3. The van der Waals surface area contributed by atoms with E-state index in [-0.39, 0.29) is 29.1 Å². The van der Waals surface area contributed by atoms with E-state index in [0.29, 0.717) is 25.6 Å². The van der Waals surface area contributed by atoms with Crippen LogP contribution >= 0.6 is 0 Å². The van der Waals surface area contributed by atoms with E-state index < -0.39 is 23.7 Å². The van der Waals surface area contributed by atoms with Gasteiger partial charge in [-0.15, -0.1) is 4.99 Å². The van der Waals surface area contributed by atoms with Gasteiger partial charge < -0.3 is 25.8 Å². The van der Waals surface area contributed by atoms with Gasteiger partial charge in [-0.1, -0.05) is 18.2 Å². The summed E-state index contributed by atoms with van der Waals surface area (Å²) in [5.41, 5.74) is 10.7. The monoisotopic (exact) mass is 405 g/mol. The molecule has 0 spiro atoms. The van der Waals surface area contributed by atoms with Crippen LogP contribution in [0.15, 0.2) is 35.5 Å². The van der Waals surface area contributed by atoms with Crippen molar-refractivity contribution < 1.29 is 23.0 Å². The van der Waals surface area contributed by atoms with Gasteiger partial charge in [0.25, 0.3) is 0 Å². The zero-order valence-electron chi connectivity index (χ0n) is 15.8. The van der Waals surface area contributed by atoms with E-state index in [9.17, 15) is 13.6 Å². The molecule has 0 saturated carbocycles. The fraction of sp³-hybridized carbons (Fsp3) is 0.316. The molecule has 0 aliphatic carbocycles. The Bertz CT molecular complexity index is 928. The van der Waals surface area contributed by atoms with E-state index in [1.54, 1.807) is 18.1 Å². The highest BCUT2D eigenvalue weighted by atomic mass is 19.1. The molecule has 3 rings (SSSR count). The third-order valence-electron chi connectivity index (χ3n) is 4.44. The minimum absolute atomic E-state index is 0.0938. The molecule has 1 aliphatic rings. The van der Waals surface area contributed by atoms with Gasteiger partial charge in [0.1, 0.15) is 12.4 Å². The van der Waals surface area contributed by atoms with Crippen molar-refractivity contribution in [3.8, 4) is 11.1 Å². The number of nitrogens with two attached hydrogens (primary N) is 2. The number of anilines is 1. The van der Waals surface area contributed by atoms with Gasteiger partial charge in [-0.05, 0) is 6.07 Å². The second-order valence-corrected chi connectivity index (χ2v) is 6.63. The highest BCUT2D eigenvalue weighted by molar-refractivity contribution is 5.87. The van der Waals surface area contributed by atoms with E-state index in [1.165, 1.54) is 24.4 Å². The second-order valence-electron chi connectivity index (χ2n) is 6.63. The van der Waals surface area contributed by atoms with Crippen LogP contribution in [0.25, 0.3) is 11.1 Å². The number of guanidine groups is 1. The number of hydrogen-bond acceptors (Lipinski definition) is 5. The molecule has 0 atom stereocenters. The van der Waals surface area contributed by atoms with Crippen LogP contribution in [0.5, 0.6) is 0 Å². The predicted octanol–water partition coefficient (Wildman–Crippen LogP) is 2.02. The van der Waals surface area contributed by atoms with Crippen LogP contribution in [0.4, 0.5) is 19.4 Å². The average Bonchev–Trinajstić information content (AvgIpc) is 2.63. The maximum Gasteiger partial charge on any atom is 0.437 e. The number of halogens is 2. The number of nitrogens with zero attached hydrogens (tertiary/aromatic N) is 3. The van der Waals surface area contributed by atoms with Crippen LogP contribution in [0.2, 0.25) is 0 Å². The molecule has 2 heterocycles. The number of ether oxygens (including phenoxy) is 2. The number of methoxy groups -OCH3 is 1. The number of rotatable bonds is 6. The average molecular weight is 405 g/mol. The van der Waals surface area contributed by atoms with E-state index in [2.05, 4.69) is 9.98 Å². The van der Waals surface area contributed by atoms with Crippen molar-refractivity contribution in [3.63, 3.8) is 0 Å². The summed E-state index contributed by atoms with van der Waals surface area (Å²) >= 11 is 0. The van der Waals surface area contributed by atoms with Gasteiger partial charge in [-0.25, -0.2) is 18.6 Å². The maximum absolute atomic E-state index is 14.8. The molecule has 0 unspecified atom stereocenters. The molecule has 1 aromatic heterocycles. The molecule has 1 saturated heterocycles. The van der Waals surface area contributed by atoms with Gasteiger partial charge >= 0.3 is 6.09 Å². The van der Waals surface area contributed by atoms with E-state index in [0.717, 1.165) is 0 Å². The molecule has 10 heteroatoms. The zero-order valence-corrected chi connectivity index (χ0v) is 15.8. The van der Waals surface area contributed by atoms with Crippen molar-refractivity contribution in [1.82, 2.24) is 4.98 Å². The molecule has 8 nitrogen and oxygen atoms in total. The number of aromatic nitrogens is 1. The third-order valence-corrected chi connectivity index (χ3v) is 4.44. The minimum Gasteiger partial charge on any atom is -0.443 e. The highest BCUT2D eigenvalue weighted by Crippen LogP contribution is 2.30. The Kier molecular flexibility index (Phi) is 6.23. The zero-order chi connectivity index (χ0) is 21.0. The number of aliphatic imine (C=N–C) groups is 1. The smallest absolute Gasteiger partial charge is 0.437 e. The van der Waals surface area contributed by atoms with Crippen molar-refractivity contribution in [2.75, 3.05) is 31.7 Å². The van der Waals surface area contributed by atoms with Crippen molar-refractivity contribution in [2.45, 2.75) is 6.61 Å². The molecule has 2 aromatic rings. The van der Waals surface area contributed by atoms with Gasteiger partial charge in [0.2, 0.25) is 0 Å². The van der Waals surface area contributed by atoms with Crippen LogP contribution in [0, 0.1) is 17.6 Å². The van der Waals surface area contributed by atoms with Crippen LogP contribution in [-0.2, 0) is 16.1 Å². The van der Waals surface area contributed by atoms with Gasteiger partial charge in [0, 0.05) is 49.0 Å². The third kappa shape index (κ3) is 4.77. The lowest BCUT2D eigenvalue weighted by atomic mass is 10.0. The molecule has 1 fully saturated rings. The first-order chi connectivity index (χ1) is 13.9. The number of amides is 1. The first-order valence-corrected chi connectivity index (χ1v) is 8.82. The first-order valence-electron chi connectivity index (χ1n) is 8.82. The quantitative estimate of drug-likeness (QED) is 0.558. The van der Waals surface area contributed by atoms with Gasteiger partial charge in [0.15, 0.2) is 17.6 Å². The summed E-state index contributed by atoms with van der Waals surface area (Å²) < 4.78 is 39.3. The minimum atomic E-state index is -1.03. The lowest BCUT2D eigenvalue weighted by molar-refractivity contribution is 0.136. The van der Waals surface area contributed by atoms with Crippen LogP contribution < -0.4 is 16.4 Å². The summed E-state index contributed by atoms with van der Waals surface area (Å²) in [7, 11) is 1.63. The molecule has 4 N–H and O–H groups in total. The van der Waals surface area contributed by atoms with Crippen molar-refractivity contribution in [2.24, 2.45) is 22.4 Å². The number of hydrogen-bond donors (Lipinski definition) is 2. The predicted molar refractivity (Wildman–Crippen MR) is 103 cm³/mol. The van der Waals surface area contributed by atoms with E-state index >= 15 is 0 Å². The molecule has 0 bridgehead atoms. The lowest BCUT2D eigenvalue weighted by Gasteiger charge is -2.39. The largest absolute Gasteiger partial charge is 0.443 e. The lowest BCUT2D eigenvalue weighted by Crippen LogP contribution is -2.49. The second kappa shape index (κ2) is 8.82. The van der Waals surface area contributed by atoms with Crippen molar-refractivity contribution in [3.05, 3.63) is 47.7 Å². The highest BCUT2D eigenvalue weighted by Gasteiger charge is 2.29.